The van der Waals surface area contributed by atoms with Crippen molar-refractivity contribution >= 4 is 30.7 Å². The fourth-order valence-electron chi connectivity index (χ4n) is 3.19. The van der Waals surface area contributed by atoms with Crippen molar-refractivity contribution in [1.82, 2.24) is 10.3 Å². The molecule has 3 rings (SSSR count). The number of hydrogen-bond acceptors (Lipinski definition) is 5. The number of amides is 1. The quantitative estimate of drug-likeness (QED) is 0.700. The summed E-state index contributed by atoms with van der Waals surface area (Å²) >= 11 is 0. The lowest BCUT2D eigenvalue weighted by Crippen LogP contribution is -2.31. The van der Waals surface area contributed by atoms with E-state index in [1.807, 2.05) is 24.3 Å². The van der Waals surface area contributed by atoms with E-state index in [4.69, 9.17) is 15.2 Å². The number of methoxy groups -OCH3 is 1. The van der Waals surface area contributed by atoms with E-state index in [-0.39, 0.29) is 36.8 Å². The molecule has 1 aromatic carbocycles. The van der Waals surface area contributed by atoms with Crippen molar-refractivity contribution in [3.8, 4) is 17.4 Å². The summed E-state index contributed by atoms with van der Waals surface area (Å²) in [6.45, 7) is 0.452. The van der Waals surface area contributed by atoms with Gasteiger partial charge < -0.3 is 20.5 Å². The molecule has 1 aliphatic rings. The van der Waals surface area contributed by atoms with Gasteiger partial charge in [0.05, 0.1) is 7.11 Å². The molecule has 0 radical (unpaired) electrons. The van der Waals surface area contributed by atoms with Crippen LogP contribution in [0.2, 0.25) is 0 Å². The molecule has 1 aromatic heterocycles. The average Bonchev–Trinajstić information content (AvgIpc) is 3.06. The number of nitrogens with one attached hydrogen (secondary N) is 1. The van der Waals surface area contributed by atoms with Crippen LogP contribution in [-0.4, -0.2) is 24.0 Å². The van der Waals surface area contributed by atoms with E-state index in [0.29, 0.717) is 30.5 Å². The number of carbonyl (C=O) groups excluding carboxylic acids is 1. The van der Waals surface area contributed by atoms with Crippen molar-refractivity contribution in [1.29, 1.82) is 0 Å². The molecule has 0 aliphatic heterocycles. The van der Waals surface area contributed by atoms with E-state index in [9.17, 15) is 4.79 Å². The molecule has 1 saturated carbocycles. The second-order valence-electron chi connectivity index (χ2n) is 6.62. The number of aromatic nitrogens is 1. The summed E-state index contributed by atoms with van der Waals surface area (Å²) in [6, 6.07) is 11.2. The third-order valence-electron chi connectivity index (χ3n) is 4.72. The van der Waals surface area contributed by atoms with Crippen LogP contribution in [0.15, 0.2) is 42.6 Å². The molecule has 1 heterocycles. The SMILES string of the molecule is COc1cccc(Oc2ccc(CNC(=O)C[C@@H]3CCC[C@H]3N)cn2)c1.Cl.Cl. The van der Waals surface area contributed by atoms with Crippen LogP contribution in [0.3, 0.4) is 0 Å². The third kappa shape index (κ3) is 6.86. The van der Waals surface area contributed by atoms with Gasteiger partial charge in [-0.2, -0.15) is 0 Å². The minimum atomic E-state index is 0. The van der Waals surface area contributed by atoms with Gasteiger partial charge in [-0.25, -0.2) is 4.98 Å². The first-order chi connectivity index (χ1) is 12.6. The Labute approximate surface area is 178 Å². The number of rotatable bonds is 7. The second kappa shape index (κ2) is 11.7. The van der Waals surface area contributed by atoms with Crippen LogP contribution in [0.25, 0.3) is 0 Å². The monoisotopic (exact) mass is 427 g/mol. The zero-order valence-corrected chi connectivity index (χ0v) is 17.4. The maximum absolute atomic E-state index is 12.1. The summed E-state index contributed by atoms with van der Waals surface area (Å²) in [5.41, 5.74) is 6.94. The van der Waals surface area contributed by atoms with E-state index >= 15 is 0 Å². The van der Waals surface area contributed by atoms with Crippen LogP contribution in [0.4, 0.5) is 0 Å². The first-order valence-corrected chi connectivity index (χ1v) is 8.93. The van der Waals surface area contributed by atoms with Crippen molar-refractivity contribution in [2.75, 3.05) is 7.11 Å². The minimum Gasteiger partial charge on any atom is -0.497 e. The van der Waals surface area contributed by atoms with Gasteiger partial charge in [-0.15, -0.1) is 24.8 Å². The highest BCUT2D eigenvalue weighted by Gasteiger charge is 2.25. The standard InChI is InChI=1S/C20H25N3O3.2ClH/c1-25-16-5-3-6-17(11-16)26-20-9-8-14(13-23-20)12-22-19(24)10-15-4-2-7-18(15)21;;/h3,5-6,8-9,11,13,15,18H,2,4,7,10,12,21H2,1H3,(H,22,24);2*1H/t15-,18+;;/m0../s1. The van der Waals surface area contributed by atoms with Gasteiger partial charge in [-0.1, -0.05) is 18.6 Å². The largest absolute Gasteiger partial charge is 0.497 e. The first kappa shape index (κ1) is 24.0. The number of benzene rings is 1. The van der Waals surface area contributed by atoms with Crippen molar-refractivity contribution < 1.29 is 14.3 Å². The summed E-state index contributed by atoms with van der Waals surface area (Å²) in [5.74, 6) is 2.23. The van der Waals surface area contributed by atoms with E-state index in [1.165, 1.54) is 0 Å². The predicted molar refractivity (Wildman–Crippen MR) is 114 cm³/mol. The van der Waals surface area contributed by atoms with Crippen molar-refractivity contribution in [2.24, 2.45) is 11.7 Å². The molecule has 6 nitrogen and oxygen atoms in total. The molecule has 2 atom stereocenters. The highest BCUT2D eigenvalue weighted by molar-refractivity contribution is 5.85. The number of halogens is 2. The summed E-state index contributed by atoms with van der Waals surface area (Å²) < 4.78 is 10.9. The zero-order valence-electron chi connectivity index (χ0n) is 15.8. The Bertz CT molecular complexity index is 744. The Morgan fingerprint density at radius 1 is 1.21 bits per heavy atom. The van der Waals surface area contributed by atoms with E-state index < -0.39 is 0 Å². The lowest BCUT2D eigenvalue weighted by molar-refractivity contribution is -0.122. The van der Waals surface area contributed by atoms with Gasteiger partial charge in [0.2, 0.25) is 11.8 Å². The number of nitrogens with two attached hydrogens (primary N) is 1. The molecule has 0 spiro atoms. The van der Waals surface area contributed by atoms with Gasteiger partial charge in [0.15, 0.2) is 0 Å². The summed E-state index contributed by atoms with van der Waals surface area (Å²) in [5, 5.41) is 2.94. The molecule has 1 aliphatic carbocycles. The van der Waals surface area contributed by atoms with E-state index in [1.54, 1.807) is 25.4 Å². The Hall–Kier alpha value is -2.02. The minimum absolute atomic E-state index is 0. The number of ether oxygens (including phenoxy) is 2. The van der Waals surface area contributed by atoms with Gasteiger partial charge in [0.25, 0.3) is 0 Å². The maximum atomic E-state index is 12.1. The van der Waals surface area contributed by atoms with Crippen LogP contribution < -0.4 is 20.5 Å². The second-order valence-corrected chi connectivity index (χ2v) is 6.62. The summed E-state index contributed by atoms with van der Waals surface area (Å²) in [6.07, 6.45) is 5.41. The van der Waals surface area contributed by atoms with Crippen LogP contribution in [0.1, 0.15) is 31.2 Å². The predicted octanol–water partition coefficient (Wildman–Crippen LogP) is 3.86. The fourth-order valence-corrected chi connectivity index (χ4v) is 3.19. The number of nitrogens with zero attached hydrogens (tertiary/aromatic N) is 1. The lowest BCUT2D eigenvalue weighted by Gasteiger charge is -2.14. The smallest absolute Gasteiger partial charge is 0.220 e. The summed E-state index contributed by atoms with van der Waals surface area (Å²) in [4.78, 5) is 16.4. The van der Waals surface area contributed by atoms with E-state index in [2.05, 4.69) is 10.3 Å². The fraction of sp³-hybridized carbons (Fsp3) is 0.400. The maximum Gasteiger partial charge on any atom is 0.220 e. The number of pyridine rings is 1. The molecule has 28 heavy (non-hydrogen) atoms. The van der Waals surface area contributed by atoms with Crippen molar-refractivity contribution in [3.05, 3.63) is 48.2 Å². The molecule has 8 heteroatoms. The Balaban J connectivity index is 0.00000196. The molecule has 3 N–H and O–H groups in total. The van der Waals surface area contributed by atoms with Gasteiger partial charge >= 0.3 is 0 Å². The van der Waals surface area contributed by atoms with Crippen molar-refractivity contribution in [3.63, 3.8) is 0 Å². The van der Waals surface area contributed by atoms with E-state index in [0.717, 1.165) is 30.6 Å². The van der Waals surface area contributed by atoms with Crippen LogP contribution in [0.5, 0.6) is 17.4 Å². The third-order valence-corrected chi connectivity index (χ3v) is 4.72. The van der Waals surface area contributed by atoms with Gasteiger partial charge in [-0.05, 0) is 36.5 Å². The molecule has 0 saturated heterocycles. The molecule has 2 aromatic rings. The topological polar surface area (TPSA) is 86.5 Å². The normalized spacial score (nSPS) is 17.8. The van der Waals surface area contributed by atoms with Gasteiger partial charge in [0.1, 0.15) is 11.5 Å². The molecular weight excluding hydrogens is 401 g/mol. The van der Waals surface area contributed by atoms with Crippen LogP contribution in [0, 0.1) is 5.92 Å². The molecular formula is C20H27Cl2N3O3. The lowest BCUT2D eigenvalue weighted by atomic mass is 10.00. The van der Waals surface area contributed by atoms with Crippen LogP contribution >= 0.6 is 24.8 Å². The molecule has 0 bridgehead atoms. The number of carbonyl (C=O) groups is 1. The Kier molecular flexibility index (Phi) is 10.1. The van der Waals surface area contributed by atoms with Gasteiger partial charge in [0, 0.05) is 37.3 Å². The Morgan fingerprint density at radius 2 is 2.00 bits per heavy atom. The molecule has 1 amide bonds. The summed E-state index contributed by atoms with van der Waals surface area (Å²) in [7, 11) is 1.61. The van der Waals surface area contributed by atoms with Crippen LogP contribution in [-0.2, 0) is 11.3 Å². The van der Waals surface area contributed by atoms with Gasteiger partial charge in [-0.3, -0.25) is 4.79 Å². The molecule has 154 valence electrons. The number of hydrogen-bond donors (Lipinski definition) is 2. The first-order valence-electron chi connectivity index (χ1n) is 8.93. The molecule has 0 unspecified atom stereocenters. The highest BCUT2D eigenvalue weighted by Crippen LogP contribution is 2.27. The molecule has 1 fully saturated rings. The van der Waals surface area contributed by atoms with Crippen molar-refractivity contribution in [2.45, 2.75) is 38.3 Å². The Morgan fingerprint density at radius 3 is 2.64 bits per heavy atom. The highest BCUT2D eigenvalue weighted by atomic mass is 35.5. The average molecular weight is 428 g/mol. The zero-order chi connectivity index (χ0) is 18.4.